The van der Waals surface area contributed by atoms with Crippen LogP contribution in [0.5, 0.6) is 0 Å². The normalized spacial score (nSPS) is 11.9. The van der Waals surface area contributed by atoms with Gasteiger partial charge in [0.1, 0.15) is 0 Å². The molecule has 0 saturated heterocycles. The molecule has 0 fully saturated rings. The second-order valence-electron chi connectivity index (χ2n) is 4.05. The van der Waals surface area contributed by atoms with E-state index in [0.717, 1.165) is 25.6 Å². The topological polar surface area (TPSA) is 36.4 Å². The molecule has 0 spiro atoms. The number of nitrogens with one attached hydrogen (secondary N) is 2. The number of guanidine groups is 1. The molecule has 0 aromatic carbocycles. The highest BCUT2D eigenvalue weighted by molar-refractivity contribution is 7.09. The molecule has 90 valence electrons. The summed E-state index contributed by atoms with van der Waals surface area (Å²) in [5, 5.41) is 8.65. The van der Waals surface area contributed by atoms with Crippen molar-refractivity contribution in [2.24, 2.45) is 10.9 Å². The van der Waals surface area contributed by atoms with Crippen molar-refractivity contribution >= 4 is 17.3 Å². The maximum absolute atomic E-state index is 4.53. The molecule has 0 radical (unpaired) electrons. The molecule has 1 aromatic heterocycles. The zero-order valence-electron chi connectivity index (χ0n) is 10.3. The summed E-state index contributed by atoms with van der Waals surface area (Å²) in [4.78, 5) is 5.83. The first-order chi connectivity index (χ1) is 7.72. The molecule has 4 heteroatoms. The maximum atomic E-state index is 4.53. The highest BCUT2D eigenvalue weighted by Crippen LogP contribution is 2.09. The van der Waals surface area contributed by atoms with E-state index in [1.54, 1.807) is 11.3 Å². The molecule has 1 heterocycles. The summed E-state index contributed by atoms with van der Waals surface area (Å²) < 4.78 is 0. The van der Waals surface area contributed by atoms with Crippen molar-refractivity contribution in [1.29, 1.82) is 0 Å². The van der Waals surface area contributed by atoms with Gasteiger partial charge in [0.05, 0.1) is 6.54 Å². The first kappa shape index (κ1) is 13.0. The lowest BCUT2D eigenvalue weighted by Crippen LogP contribution is -2.39. The Bertz CT molecular complexity index is 304. The van der Waals surface area contributed by atoms with Crippen molar-refractivity contribution in [1.82, 2.24) is 10.6 Å². The summed E-state index contributed by atoms with van der Waals surface area (Å²) in [6.07, 6.45) is 0. The van der Waals surface area contributed by atoms with Gasteiger partial charge in [-0.15, -0.1) is 11.3 Å². The minimum Gasteiger partial charge on any atom is -0.357 e. The van der Waals surface area contributed by atoms with E-state index in [2.05, 4.69) is 53.9 Å². The van der Waals surface area contributed by atoms with Gasteiger partial charge in [0, 0.05) is 18.0 Å². The predicted octanol–water partition coefficient (Wildman–Crippen LogP) is 2.46. The van der Waals surface area contributed by atoms with Crippen LogP contribution in [-0.2, 0) is 6.54 Å². The SMILES string of the molecule is CCNC(=NCc1cccs1)NCC(C)C. The fraction of sp³-hybridized carbons (Fsp3) is 0.583. The van der Waals surface area contributed by atoms with Crippen molar-refractivity contribution in [3.05, 3.63) is 22.4 Å². The average Bonchev–Trinajstić information content (AvgIpc) is 2.75. The smallest absolute Gasteiger partial charge is 0.191 e. The van der Waals surface area contributed by atoms with Gasteiger partial charge in [-0.25, -0.2) is 4.99 Å². The Morgan fingerprint density at radius 1 is 1.44 bits per heavy atom. The molecule has 16 heavy (non-hydrogen) atoms. The van der Waals surface area contributed by atoms with E-state index in [1.165, 1.54) is 4.88 Å². The highest BCUT2D eigenvalue weighted by Gasteiger charge is 1.99. The van der Waals surface area contributed by atoms with E-state index in [9.17, 15) is 0 Å². The molecular weight excluding hydrogens is 218 g/mol. The first-order valence-electron chi connectivity index (χ1n) is 5.77. The van der Waals surface area contributed by atoms with Gasteiger partial charge in [-0.3, -0.25) is 0 Å². The molecule has 1 rings (SSSR count). The van der Waals surface area contributed by atoms with Crippen LogP contribution in [0, 0.1) is 5.92 Å². The minimum absolute atomic E-state index is 0.630. The fourth-order valence-electron chi connectivity index (χ4n) is 1.20. The molecule has 2 N–H and O–H groups in total. The lowest BCUT2D eigenvalue weighted by Gasteiger charge is -2.12. The second kappa shape index (κ2) is 7.28. The van der Waals surface area contributed by atoms with Crippen molar-refractivity contribution in [2.75, 3.05) is 13.1 Å². The summed E-state index contributed by atoms with van der Waals surface area (Å²) in [7, 11) is 0. The van der Waals surface area contributed by atoms with E-state index < -0.39 is 0 Å². The van der Waals surface area contributed by atoms with Gasteiger partial charge in [-0.2, -0.15) is 0 Å². The van der Waals surface area contributed by atoms with E-state index in [-0.39, 0.29) is 0 Å². The Morgan fingerprint density at radius 2 is 2.25 bits per heavy atom. The van der Waals surface area contributed by atoms with Crippen LogP contribution in [0.15, 0.2) is 22.5 Å². The Balaban J connectivity index is 2.44. The third-order valence-electron chi connectivity index (χ3n) is 2.00. The maximum Gasteiger partial charge on any atom is 0.191 e. The van der Waals surface area contributed by atoms with Crippen molar-refractivity contribution in [3.63, 3.8) is 0 Å². The molecule has 0 aliphatic rings. The Kier molecular flexibility index (Phi) is 5.93. The van der Waals surface area contributed by atoms with Crippen LogP contribution in [0.4, 0.5) is 0 Å². The minimum atomic E-state index is 0.630. The summed E-state index contributed by atoms with van der Waals surface area (Å²) in [6.45, 7) is 9.07. The molecule has 0 saturated carbocycles. The molecule has 0 atom stereocenters. The van der Waals surface area contributed by atoms with Crippen LogP contribution in [0.3, 0.4) is 0 Å². The van der Waals surface area contributed by atoms with Crippen molar-refractivity contribution in [3.8, 4) is 0 Å². The van der Waals surface area contributed by atoms with Gasteiger partial charge < -0.3 is 10.6 Å². The quantitative estimate of drug-likeness (QED) is 0.612. The zero-order valence-corrected chi connectivity index (χ0v) is 11.1. The van der Waals surface area contributed by atoms with E-state index >= 15 is 0 Å². The lowest BCUT2D eigenvalue weighted by atomic mass is 10.2. The molecule has 3 nitrogen and oxygen atoms in total. The number of aliphatic imine (C=N–C) groups is 1. The Hall–Kier alpha value is -1.03. The molecule has 1 aromatic rings. The number of nitrogens with zero attached hydrogens (tertiary/aromatic N) is 1. The third-order valence-corrected chi connectivity index (χ3v) is 2.86. The van der Waals surface area contributed by atoms with Crippen LogP contribution in [-0.4, -0.2) is 19.0 Å². The molecule has 0 bridgehead atoms. The van der Waals surface area contributed by atoms with Crippen LogP contribution < -0.4 is 10.6 Å². The standard InChI is InChI=1S/C12H21N3S/c1-4-13-12(14-8-10(2)3)15-9-11-6-5-7-16-11/h5-7,10H,4,8-9H2,1-3H3,(H2,13,14,15). The van der Waals surface area contributed by atoms with Gasteiger partial charge >= 0.3 is 0 Å². The van der Waals surface area contributed by atoms with Gasteiger partial charge in [-0.1, -0.05) is 19.9 Å². The van der Waals surface area contributed by atoms with Gasteiger partial charge in [0.15, 0.2) is 5.96 Å². The fourth-order valence-corrected chi connectivity index (χ4v) is 1.83. The van der Waals surface area contributed by atoms with Crippen LogP contribution >= 0.6 is 11.3 Å². The van der Waals surface area contributed by atoms with Gasteiger partial charge in [0.2, 0.25) is 0 Å². The van der Waals surface area contributed by atoms with Gasteiger partial charge in [-0.05, 0) is 24.3 Å². The number of rotatable bonds is 5. The van der Waals surface area contributed by atoms with Crippen molar-refractivity contribution < 1.29 is 0 Å². The van der Waals surface area contributed by atoms with Gasteiger partial charge in [0.25, 0.3) is 0 Å². The largest absolute Gasteiger partial charge is 0.357 e. The summed E-state index contributed by atoms with van der Waals surface area (Å²) >= 11 is 1.74. The van der Waals surface area contributed by atoms with Crippen LogP contribution in [0.1, 0.15) is 25.6 Å². The lowest BCUT2D eigenvalue weighted by molar-refractivity contribution is 0.615. The molecule has 0 amide bonds. The molecule has 0 aliphatic heterocycles. The Morgan fingerprint density at radius 3 is 2.81 bits per heavy atom. The molecular formula is C12H21N3S. The van der Waals surface area contributed by atoms with E-state index in [1.807, 2.05) is 0 Å². The summed E-state index contributed by atoms with van der Waals surface area (Å²) in [5.41, 5.74) is 0. The third kappa shape index (κ3) is 5.16. The van der Waals surface area contributed by atoms with E-state index in [4.69, 9.17) is 0 Å². The average molecular weight is 239 g/mol. The molecule has 0 aliphatic carbocycles. The van der Waals surface area contributed by atoms with E-state index in [0.29, 0.717) is 5.92 Å². The monoisotopic (exact) mass is 239 g/mol. The number of hydrogen-bond acceptors (Lipinski definition) is 2. The molecule has 0 unspecified atom stereocenters. The second-order valence-corrected chi connectivity index (χ2v) is 5.08. The van der Waals surface area contributed by atoms with Crippen LogP contribution in [0.25, 0.3) is 0 Å². The summed E-state index contributed by atoms with van der Waals surface area (Å²) in [6, 6.07) is 4.17. The number of thiophene rings is 1. The Labute approximate surface area is 102 Å². The van der Waals surface area contributed by atoms with Crippen LogP contribution in [0.2, 0.25) is 0 Å². The number of hydrogen-bond donors (Lipinski definition) is 2. The predicted molar refractivity (Wildman–Crippen MR) is 72.0 cm³/mol. The highest BCUT2D eigenvalue weighted by atomic mass is 32.1. The first-order valence-corrected chi connectivity index (χ1v) is 6.65. The van der Waals surface area contributed by atoms with Crippen molar-refractivity contribution in [2.45, 2.75) is 27.3 Å². The summed E-state index contributed by atoms with van der Waals surface area (Å²) in [5.74, 6) is 1.54. The zero-order chi connectivity index (χ0) is 11.8.